The molecule has 5 heteroatoms. The standard InChI is InChI=1S/C10H20N2O3/c1-6-7(2)11-9(15)12(5)10(3,4)8(13)14/h7H,6H2,1-5H3,(H,11,15)(H,13,14). The number of carbonyl (C=O) groups is 2. The average molecular weight is 216 g/mol. The number of hydrogen-bond acceptors (Lipinski definition) is 2. The van der Waals surface area contributed by atoms with Crippen LogP contribution in [-0.2, 0) is 4.79 Å². The third-order valence-corrected chi connectivity index (χ3v) is 2.65. The molecular weight excluding hydrogens is 196 g/mol. The maximum Gasteiger partial charge on any atom is 0.329 e. The zero-order valence-corrected chi connectivity index (χ0v) is 10.00. The summed E-state index contributed by atoms with van der Waals surface area (Å²) in [6.45, 7) is 6.81. The summed E-state index contributed by atoms with van der Waals surface area (Å²) >= 11 is 0. The van der Waals surface area contributed by atoms with Gasteiger partial charge in [-0.1, -0.05) is 6.92 Å². The Labute approximate surface area is 90.5 Å². The lowest BCUT2D eigenvalue weighted by atomic mass is 10.0. The van der Waals surface area contributed by atoms with Gasteiger partial charge in [-0.25, -0.2) is 9.59 Å². The molecule has 1 atom stereocenters. The number of carbonyl (C=O) groups excluding carboxylic acids is 1. The van der Waals surface area contributed by atoms with Gasteiger partial charge in [0.05, 0.1) is 0 Å². The molecule has 0 aliphatic carbocycles. The lowest BCUT2D eigenvalue weighted by Gasteiger charge is -2.32. The molecule has 0 heterocycles. The van der Waals surface area contributed by atoms with Crippen molar-refractivity contribution in [1.82, 2.24) is 10.2 Å². The van der Waals surface area contributed by atoms with Crippen molar-refractivity contribution in [2.45, 2.75) is 45.7 Å². The predicted molar refractivity (Wildman–Crippen MR) is 57.8 cm³/mol. The van der Waals surface area contributed by atoms with E-state index in [4.69, 9.17) is 5.11 Å². The maximum absolute atomic E-state index is 11.6. The highest BCUT2D eigenvalue weighted by Crippen LogP contribution is 2.12. The molecular formula is C10H20N2O3. The number of rotatable bonds is 4. The predicted octanol–water partition coefficient (Wildman–Crippen LogP) is 1.29. The SMILES string of the molecule is CCC(C)NC(=O)N(C)C(C)(C)C(=O)O. The second kappa shape index (κ2) is 5.00. The number of carboxylic acids is 1. The first kappa shape index (κ1) is 13.7. The van der Waals surface area contributed by atoms with Crippen LogP contribution in [0.5, 0.6) is 0 Å². The van der Waals surface area contributed by atoms with Crippen molar-refractivity contribution in [2.75, 3.05) is 7.05 Å². The summed E-state index contributed by atoms with van der Waals surface area (Å²) in [5, 5.41) is 11.6. The van der Waals surface area contributed by atoms with Gasteiger partial charge < -0.3 is 15.3 Å². The first-order valence-electron chi connectivity index (χ1n) is 5.01. The van der Waals surface area contributed by atoms with E-state index in [0.29, 0.717) is 0 Å². The van der Waals surface area contributed by atoms with Gasteiger partial charge in [0, 0.05) is 13.1 Å². The van der Waals surface area contributed by atoms with Gasteiger partial charge in [-0.2, -0.15) is 0 Å². The summed E-state index contributed by atoms with van der Waals surface area (Å²) in [5.41, 5.74) is -1.20. The molecule has 5 nitrogen and oxygen atoms in total. The van der Waals surface area contributed by atoms with Crippen LogP contribution in [0.25, 0.3) is 0 Å². The number of amides is 2. The van der Waals surface area contributed by atoms with Crippen LogP contribution < -0.4 is 5.32 Å². The van der Waals surface area contributed by atoms with Crippen LogP contribution in [0, 0.1) is 0 Å². The van der Waals surface area contributed by atoms with Crippen molar-refractivity contribution >= 4 is 12.0 Å². The molecule has 0 fully saturated rings. The first-order chi connectivity index (χ1) is 6.73. The molecule has 2 amide bonds. The molecule has 15 heavy (non-hydrogen) atoms. The number of nitrogens with zero attached hydrogens (tertiary/aromatic N) is 1. The van der Waals surface area contributed by atoms with Crippen molar-refractivity contribution in [3.05, 3.63) is 0 Å². The molecule has 1 unspecified atom stereocenters. The topological polar surface area (TPSA) is 69.6 Å². The molecule has 88 valence electrons. The minimum absolute atomic E-state index is 0.0459. The van der Waals surface area contributed by atoms with Gasteiger partial charge in [0.25, 0.3) is 0 Å². The Kier molecular flexibility index (Phi) is 4.58. The van der Waals surface area contributed by atoms with E-state index in [0.717, 1.165) is 6.42 Å². The Morgan fingerprint density at radius 1 is 1.47 bits per heavy atom. The van der Waals surface area contributed by atoms with Crippen molar-refractivity contribution in [1.29, 1.82) is 0 Å². The summed E-state index contributed by atoms with van der Waals surface area (Å²) in [5.74, 6) is -1.02. The molecule has 0 aliphatic rings. The molecule has 0 saturated heterocycles. The zero-order valence-electron chi connectivity index (χ0n) is 10.00. The molecule has 2 N–H and O–H groups in total. The lowest BCUT2D eigenvalue weighted by molar-refractivity contribution is -0.146. The van der Waals surface area contributed by atoms with Crippen molar-refractivity contribution in [2.24, 2.45) is 0 Å². The van der Waals surface area contributed by atoms with Crippen LogP contribution in [0.3, 0.4) is 0 Å². The summed E-state index contributed by atoms with van der Waals surface area (Å²) in [7, 11) is 1.48. The fourth-order valence-electron chi connectivity index (χ4n) is 0.807. The van der Waals surface area contributed by atoms with Gasteiger partial charge in [-0.15, -0.1) is 0 Å². The molecule has 0 aromatic rings. The molecule has 0 rings (SSSR count). The molecule has 0 saturated carbocycles. The van der Waals surface area contributed by atoms with Crippen molar-refractivity contribution in [3.8, 4) is 0 Å². The second-order valence-electron chi connectivity index (χ2n) is 4.18. The van der Waals surface area contributed by atoms with E-state index >= 15 is 0 Å². The van der Waals surface area contributed by atoms with E-state index in [-0.39, 0.29) is 12.1 Å². The normalized spacial score (nSPS) is 13.1. The molecule has 0 radical (unpaired) electrons. The Morgan fingerprint density at radius 3 is 2.27 bits per heavy atom. The highest BCUT2D eigenvalue weighted by atomic mass is 16.4. The van der Waals surface area contributed by atoms with E-state index in [1.807, 2.05) is 13.8 Å². The minimum atomic E-state index is -1.20. The van der Waals surface area contributed by atoms with E-state index < -0.39 is 11.5 Å². The Hall–Kier alpha value is -1.26. The highest BCUT2D eigenvalue weighted by Gasteiger charge is 2.35. The number of hydrogen-bond donors (Lipinski definition) is 2. The van der Waals surface area contributed by atoms with Gasteiger partial charge in [0.1, 0.15) is 5.54 Å². The molecule has 0 bridgehead atoms. The van der Waals surface area contributed by atoms with E-state index in [9.17, 15) is 9.59 Å². The maximum atomic E-state index is 11.6. The van der Waals surface area contributed by atoms with Gasteiger partial charge in [-0.3, -0.25) is 0 Å². The summed E-state index contributed by atoms with van der Waals surface area (Å²) in [4.78, 5) is 23.7. The van der Waals surface area contributed by atoms with E-state index in [2.05, 4.69) is 5.32 Å². The lowest BCUT2D eigenvalue weighted by Crippen LogP contribution is -2.55. The number of nitrogens with one attached hydrogen (secondary N) is 1. The smallest absolute Gasteiger partial charge is 0.329 e. The van der Waals surface area contributed by atoms with Gasteiger partial charge in [0.2, 0.25) is 0 Å². The molecule has 0 spiro atoms. The third-order valence-electron chi connectivity index (χ3n) is 2.65. The minimum Gasteiger partial charge on any atom is -0.480 e. The average Bonchev–Trinajstić information content (AvgIpc) is 2.15. The van der Waals surface area contributed by atoms with Crippen molar-refractivity contribution in [3.63, 3.8) is 0 Å². The first-order valence-corrected chi connectivity index (χ1v) is 5.01. The number of likely N-dealkylation sites (N-methyl/N-ethyl adjacent to an activating group) is 1. The second-order valence-corrected chi connectivity index (χ2v) is 4.18. The molecule has 0 aromatic heterocycles. The van der Waals surface area contributed by atoms with Gasteiger partial charge in [-0.05, 0) is 27.2 Å². The summed E-state index contributed by atoms with van der Waals surface area (Å²) in [6.07, 6.45) is 0.813. The number of aliphatic carboxylic acids is 1. The highest BCUT2D eigenvalue weighted by molar-refractivity contribution is 5.85. The van der Waals surface area contributed by atoms with E-state index in [1.54, 1.807) is 0 Å². The van der Waals surface area contributed by atoms with Crippen LogP contribution >= 0.6 is 0 Å². The summed E-state index contributed by atoms with van der Waals surface area (Å²) < 4.78 is 0. The Morgan fingerprint density at radius 2 is 1.93 bits per heavy atom. The largest absolute Gasteiger partial charge is 0.480 e. The van der Waals surface area contributed by atoms with Crippen LogP contribution in [0.15, 0.2) is 0 Å². The van der Waals surface area contributed by atoms with Crippen LogP contribution in [0.4, 0.5) is 4.79 Å². The van der Waals surface area contributed by atoms with Crippen molar-refractivity contribution < 1.29 is 14.7 Å². The fourth-order valence-corrected chi connectivity index (χ4v) is 0.807. The summed E-state index contributed by atoms with van der Waals surface area (Å²) in [6, 6.07) is -0.318. The Bertz CT molecular complexity index is 251. The zero-order chi connectivity index (χ0) is 12.2. The fraction of sp³-hybridized carbons (Fsp3) is 0.800. The quantitative estimate of drug-likeness (QED) is 0.744. The third kappa shape index (κ3) is 3.42. The van der Waals surface area contributed by atoms with Crippen LogP contribution in [0.2, 0.25) is 0 Å². The monoisotopic (exact) mass is 216 g/mol. The Balaban J connectivity index is 4.51. The molecule has 0 aliphatic heterocycles. The number of urea groups is 1. The van der Waals surface area contributed by atoms with E-state index in [1.165, 1.54) is 25.8 Å². The molecule has 0 aromatic carbocycles. The number of carboxylic acid groups (broad SMARTS) is 1. The van der Waals surface area contributed by atoms with Gasteiger partial charge in [0.15, 0.2) is 0 Å². The van der Waals surface area contributed by atoms with Crippen LogP contribution in [0.1, 0.15) is 34.1 Å². The van der Waals surface area contributed by atoms with Crippen LogP contribution in [-0.4, -0.2) is 40.6 Å². The van der Waals surface area contributed by atoms with Gasteiger partial charge >= 0.3 is 12.0 Å².